The Bertz CT molecular complexity index is 1360. The van der Waals surface area contributed by atoms with E-state index in [1.807, 2.05) is 17.7 Å². The molecule has 166 valence electrons. The van der Waals surface area contributed by atoms with Gasteiger partial charge in [0.05, 0.1) is 60.4 Å². The Hall–Kier alpha value is -4.58. The van der Waals surface area contributed by atoms with E-state index in [0.29, 0.717) is 11.3 Å². The molecule has 2 N–H and O–H groups in total. The average molecular weight is 443 g/mol. The van der Waals surface area contributed by atoms with Crippen molar-refractivity contribution in [2.45, 2.75) is 5.92 Å². The highest BCUT2D eigenvalue weighted by Crippen LogP contribution is 2.43. The average Bonchev–Trinajstić information content (AvgIpc) is 3.22. The zero-order valence-electron chi connectivity index (χ0n) is 18.3. The third-order valence-corrected chi connectivity index (χ3v) is 5.58. The van der Waals surface area contributed by atoms with Crippen molar-refractivity contribution in [3.63, 3.8) is 0 Å². The summed E-state index contributed by atoms with van der Waals surface area (Å²) in [4.78, 5) is 31.8. The summed E-state index contributed by atoms with van der Waals surface area (Å²) < 4.78 is 11.9. The fourth-order valence-corrected chi connectivity index (χ4v) is 4.04. The van der Waals surface area contributed by atoms with Crippen LogP contribution in [0.1, 0.15) is 11.5 Å². The minimum atomic E-state index is -0.908. The molecule has 1 atom stereocenters. The summed E-state index contributed by atoms with van der Waals surface area (Å²) in [5, 5.41) is 10.1. The van der Waals surface area contributed by atoms with Gasteiger partial charge in [-0.15, -0.1) is 0 Å². The first-order chi connectivity index (χ1) is 15.9. The standard InChI is InChI=1S/C24H21N5O4/c1-28-13-27-17-10-9-15(11-18(17)28)29-21(24(31)33-3)20(23(30)32-2)19(16(12-25)22(29)26)14-7-5-4-6-8-14/h4-11,13,19H,26H2,1-3H3. The second kappa shape index (κ2) is 8.51. The van der Waals surface area contributed by atoms with E-state index in [4.69, 9.17) is 15.2 Å². The van der Waals surface area contributed by atoms with Gasteiger partial charge in [0.25, 0.3) is 0 Å². The van der Waals surface area contributed by atoms with Crippen LogP contribution in [0.5, 0.6) is 0 Å². The van der Waals surface area contributed by atoms with Gasteiger partial charge in [-0.3, -0.25) is 4.90 Å². The van der Waals surface area contributed by atoms with Crippen molar-refractivity contribution < 1.29 is 19.1 Å². The lowest BCUT2D eigenvalue weighted by Gasteiger charge is -2.35. The van der Waals surface area contributed by atoms with Gasteiger partial charge in [-0.25, -0.2) is 14.6 Å². The van der Waals surface area contributed by atoms with Crippen LogP contribution in [0.2, 0.25) is 0 Å². The number of methoxy groups -OCH3 is 2. The molecule has 0 spiro atoms. The third-order valence-electron chi connectivity index (χ3n) is 5.58. The van der Waals surface area contributed by atoms with Gasteiger partial charge < -0.3 is 19.8 Å². The van der Waals surface area contributed by atoms with E-state index in [1.54, 1.807) is 48.8 Å². The van der Waals surface area contributed by atoms with Crippen molar-refractivity contribution >= 4 is 28.7 Å². The van der Waals surface area contributed by atoms with Crippen LogP contribution < -0.4 is 10.6 Å². The number of carbonyl (C=O) groups is 2. The number of imidazole rings is 1. The maximum absolute atomic E-state index is 13.1. The lowest BCUT2D eigenvalue weighted by molar-refractivity contribution is -0.139. The largest absolute Gasteiger partial charge is 0.466 e. The topological polar surface area (TPSA) is 123 Å². The molecule has 4 rings (SSSR count). The summed E-state index contributed by atoms with van der Waals surface area (Å²) in [7, 11) is 4.26. The number of hydrogen-bond acceptors (Lipinski definition) is 8. The number of carbonyl (C=O) groups excluding carboxylic acids is 2. The first-order valence-corrected chi connectivity index (χ1v) is 9.99. The molecule has 3 aromatic rings. The van der Waals surface area contributed by atoms with Crippen LogP contribution in [0.4, 0.5) is 5.69 Å². The minimum Gasteiger partial charge on any atom is -0.466 e. The fourth-order valence-electron chi connectivity index (χ4n) is 4.04. The Balaban J connectivity index is 2.07. The molecule has 0 radical (unpaired) electrons. The van der Waals surface area contributed by atoms with E-state index in [2.05, 4.69) is 11.1 Å². The van der Waals surface area contributed by atoms with E-state index in [1.165, 1.54) is 19.1 Å². The van der Waals surface area contributed by atoms with Gasteiger partial charge in [-0.2, -0.15) is 5.26 Å². The molecule has 0 saturated heterocycles. The predicted octanol–water partition coefficient (Wildman–Crippen LogP) is 2.47. The quantitative estimate of drug-likeness (QED) is 0.610. The molecule has 0 amide bonds. The Morgan fingerprint density at radius 3 is 2.42 bits per heavy atom. The second-order valence-electron chi connectivity index (χ2n) is 7.36. The maximum atomic E-state index is 13.1. The summed E-state index contributed by atoms with van der Waals surface area (Å²) in [5.41, 5.74) is 9.05. The Kier molecular flexibility index (Phi) is 5.58. The molecular weight excluding hydrogens is 422 g/mol. The number of fused-ring (bicyclic) bond motifs is 1. The molecule has 1 aliphatic heterocycles. The van der Waals surface area contributed by atoms with Crippen LogP contribution >= 0.6 is 0 Å². The van der Waals surface area contributed by atoms with E-state index >= 15 is 0 Å². The Morgan fingerprint density at radius 2 is 1.79 bits per heavy atom. The number of nitrogens with two attached hydrogens (primary N) is 1. The lowest BCUT2D eigenvalue weighted by Crippen LogP contribution is -2.40. The number of nitrogens with zero attached hydrogens (tertiary/aromatic N) is 4. The Morgan fingerprint density at radius 1 is 1.09 bits per heavy atom. The molecule has 2 aromatic carbocycles. The highest BCUT2D eigenvalue weighted by atomic mass is 16.5. The number of rotatable bonds is 4. The number of benzene rings is 2. The van der Waals surface area contributed by atoms with Gasteiger partial charge in [-0.05, 0) is 23.8 Å². The Labute approximate surface area is 189 Å². The SMILES string of the molecule is COC(=O)C1=C(C(=O)OC)N(c2ccc3ncn(C)c3c2)C(N)=C(C#N)C1c1ccccc1. The minimum absolute atomic E-state index is 0.0147. The van der Waals surface area contributed by atoms with Crippen LogP contribution in [0.25, 0.3) is 11.0 Å². The van der Waals surface area contributed by atoms with Crippen molar-refractivity contribution in [2.24, 2.45) is 12.8 Å². The normalized spacial score (nSPS) is 16.1. The van der Waals surface area contributed by atoms with Crippen molar-refractivity contribution in [1.29, 1.82) is 5.26 Å². The van der Waals surface area contributed by atoms with Gasteiger partial charge in [0.2, 0.25) is 0 Å². The van der Waals surface area contributed by atoms with E-state index in [-0.39, 0.29) is 22.7 Å². The fraction of sp³-hybridized carbons (Fsp3) is 0.167. The molecule has 2 heterocycles. The third kappa shape index (κ3) is 3.47. The van der Waals surface area contributed by atoms with Crippen LogP contribution in [-0.2, 0) is 26.1 Å². The van der Waals surface area contributed by atoms with Crippen molar-refractivity contribution in [2.75, 3.05) is 19.1 Å². The summed E-state index contributed by atoms with van der Waals surface area (Å²) in [5.74, 6) is -2.45. The number of aromatic nitrogens is 2. The number of anilines is 1. The van der Waals surface area contributed by atoms with E-state index in [0.717, 1.165) is 11.0 Å². The highest BCUT2D eigenvalue weighted by molar-refractivity contribution is 6.06. The first-order valence-electron chi connectivity index (χ1n) is 9.99. The van der Waals surface area contributed by atoms with Gasteiger partial charge in [0.1, 0.15) is 11.5 Å². The van der Waals surface area contributed by atoms with Crippen LogP contribution in [0.3, 0.4) is 0 Å². The van der Waals surface area contributed by atoms with Gasteiger partial charge in [0.15, 0.2) is 0 Å². The number of esters is 2. The van der Waals surface area contributed by atoms with E-state index in [9.17, 15) is 14.9 Å². The number of nitriles is 1. The number of aryl methyl sites for hydroxylation is 1. The van der Waals surface area contributed by atoms with Gasteiger partial charge in [0, 0.05) is 7.05 Å². The molecule has 0 bridgehead atoms. The van der Waals surface area contributed by atoms with Crippen LogP contribution in [-0.4, -0.2) is 35.7 Å². The lowest BCUT2D eigenvalue weighted by atomic mass is 9.81. The molecule has 0 fully saturated rings. The first kappa shape index (κ1) is 21.6. The summed E-state index contributed by atoms with van der Waals surface area (Å²) >= 11 is 0. The molecule has 1 aliphatic rings. The zero-order valence-corrected chi connectivity index (χ0v) is 18.3. The predicted molar refractivity (Wildman–Crippen MR) is 120 cm³/mol. The number of allylic oxidation sites excluding steroid dienone is 1. The van der Waals surface area contributed by atoms with Crippen molar-refractivity contribution in [3.8, 4) is 6.07 Å². The summed E-state index contributed by atoms with van der Waals surface area (Å²) in [6.45, 7) is 0. The smallest absolute Gasteiger partial charge is 0.355 e. The van der Waals surface area contributed by atoms with Crippen LogP contribution in [0.15, 0.2) is 77.5 Å². The van der Waals surface area contributed by atoms with Crippen molar-refractivity contribution in [1.82, 2.24) is 9.55 Å². The maximum Gasteiger partial charge on any atom is 0.355 e. The molecule has 1 unspecified atom stereocenters. The molecule has 9 heteroatoms. The van der Waals surface area contributed by atoms with E-state index < -0.39 is 17.9 Å². The molecule has 0 saturated carbocycles. The number of ether oxygens (including phenoxy) is 2. The van der Waals surface area contributed by atoms with Crippen LogP contribution in [0, 0.1) is 11.3 Å². The van der Waals surface area contributed by atoms with Gasteiger partial charge in [-0.1, -0.05) is 30.3 Å². The molecule has 9 nitrogen and oxygen atoms in total. The molecule has 0 aliphatic carbocycles. The molecular formula is C24H21N5O4. The summed E-state index contributed by atoms with van der Waals surface area (Å²) in [6.07, 6.45) is 1.66. The molecule has 1 aromatic heterocycles. The van der Waals surface area contributed by atoms with Crippen molar-refractivity contribution in [3.05, 3.63) is 83.1 Å². The summed E-state index contributed by atoms with van der Waals surface area (Å²) in [6, 6.07) is 16.2. The van der Waals surface area contributed by atoms with Gasteiger partial charge >= 0.3 is 11.9 Å². The zero-order chi connectivity index (χ0) is 23.7. The monoisotopic (exact) mass is 443 g/mol. The second-order valence-corrected chi connectivity index (χ2v) is 7.36. The molecule has 33 heavy (non-hydrogen) atoms. The highest BCUT2D eigenvalue weighted by Gasteiger charge is 2.43. The number of hydrogen-bond donors (Lipinski definition) is 1.